The summed E-state index contributed by atoms with van der Waals surface area (Å²) in [5.41, 5.74) is 2.41. The normalized spacial score (nSPS) is 23.8. The van der Waals surface area contributed by atoms with Gasteiger partial charge in [-0.05, 0) is 24.5 Å². The van der Waals surface area contributed by atoms with E-state index in [1.807, 2.05) is 12.3 Å². The van der Waals surface area contributed by atoms with Crippen molar-refractivity contribution >= 4 is 32.5 Å². The van der Waals surface area contributed by atoms with Crippen molar-refractivity contribution < 1.29 is 0 Å². The Morgan fingerprint density at radius 1 is 1.33 bits per heavy atom. The third-order valence-electron chi connectivity index (χ3n) is 3.98. The van der Waals surface area contributed by atoms with Gasteiger partial charge in [-0.15, -0.1) is 0 Å². The fourth-order valence-corrected chi connectivity index (χ4v) is 3.86. The summed E-state index contributed by atoms with van der Waals surface area (Å²) in [7, 11) is 0. The van der Waals surface area contributed by atoms with Crippen LogP contribution < -0.4 is 4.90 Å². The van der Waals surface area contributed by atoms with Crippen LogP contribution >= 0.6 is 15.9 Å². The summed E-state index contributed by atoms with van der Waals surface area (Å²) in [6.45, 7) is 3.49. The molecular formula is C15H17BrN2. The van der Waals surface area contributed by atoms with Crippen molar-refractivity contribution in [3.8, 4) is 0 Å². The Hall–Kier alpha value is -1.09. The predicted molar refractivity (Wildman–Crippen MR) is 80.5 cm³/mol. The number of hydrogen-bond donors (Lipinski definition) is 0. The molecule has 1 aliphatic heterocycles. The minimum absolute atomic E-state index is 0.593. The van der Waals surface area contributed by atoms with E-state index in [9.17, 15) is 0 Å². The molecule has 3 heteroatoms. The van der Waals surface area contributed by atoms with E-state index in [0.29, 0.717) is 6.04 Å². The fourth-order valence-electron chi connectivity index (χ4n) is 2.87. The SMILES string of the molecule is CC1CCN(c2ccnc3ccccc23)C1CBr. The molecule has 1 aliphatic rings. The highest BCUT2D eigenvalue weighted by Gasteiger charge is 2.31. The van der Waals surface area contributed by atoms with E-state index in [4.69, 9.17) is 0 Å². The van der Waals surface area contributed by atoms with Crippen LogP contribution in [0.1, 0.15) is 13.3 Å². The van der Waals surface area contributed by atoms with Gasteiger partial charge in [-0.2, -0.15) is 0 Å². The average molecular weight is 305 g/mol. The van der Waals surface area contributed by atoms with E-state index in [0.717, 1.165) is 23.3 Å². The number of halogens is 1. The Bertz CT molecular complexity index is 550. The molecule has 2 heterocycles. The second-order valence-electron chi connectivity index (χ2n) is 5.03. The number of nitrogens with zero attached hydrogens (tertiary/aromatic N) is 2. The fraction of sp³-hybridized carbons (Fsp3) is 0.400. The quantitative estimate of drug-likeness (QED) is 0.784. The average Bonchev–Trinajstić information content (AvgIpc) is 2.79. The number of fused-ring (bicyclic) bond motifs is 1. The monoisotopic (exact) mass is 304 g/mol. The van der Waals surface area contributed by atoms with Gasteiger partial charge in [-0.25, -0.2) is 0 Å². The van der Waals surface area contributed by atoms with E-state index in [1.165, 1.54) is 17.5 Å². The van der Waals surface area contributed by atoms with E-state index in [2.05, 4.69) is 57.0 Å². The molecule has 2 nitrogen and oxygen atoms in total. The Morgan fingerprint density at radius 2 is 2.17 bits per heavy atom. The first-order valence-corrected chi connectivity index (χ1v) is 7.60. The van der Waals surface area contributed by atoms with Crippen molar-refractivity contribution in [3.63, 3.8) is 0 Å². The number of aromatic nitrogens is 1. The van der Waals surface area contributed by atoms with Crippen molar-refractivity contribution in [1.82, 2.24) is 4.98 Å². The van der Waals surface area contributed by atoms with Crippen molar-refractivity contribution in [2.45, 2.75) is 19.4 Å². The molecule has 0 bridgehead atoms. The largest absolute Gasteiger partial charge is 0.367 e. The first-order chi connectivity index (χ1) is 8.81. The van der Waals surface area contributed by atoms with Crippen molar-refractivity contribution in [2.75, 3.05) is 16.8 Å². The molecule has 0 saturated carbocycles. The van der Waals surface area contributed by atoms with Crippen LogP contribution in [0.25, 0.3) is 10.9 Å². The highest BCUT2D eigenvalue weighted by Crippen LogP contribution is 2.34. The molecule has 0 amide bonds. The van der Waals surface area contributed by atoms with Gasteiger partial charge in [0.1, 0.15) is 0 Å². The van der Waals surface area contributed by atoms with Gasteiger partial charge in [-0.1, -0.05) is 41.1 Å². The van der Waals surface area contributed by atoms with Gasteiger partial charge in [0.15, 0.2) is 0 Å². The Labute approximate surface area is 116 Å². The lowest BCUT2D eigenvalue weighted by atomic mass is 10.0. The maximum atomic E-state index is 4.44. The molecule has 2 unspecified atom stereocenters. The zero-order chi connectivity index (χ0) is 12.5. The maximum Gasteiger partial charge on any atom is 0.0722 e. The van der Waals surface area contributed by atoms with Gasteiger partial charge in [0.2, 0.25) is 0 Å². The Kier molecular flexibility index (Phi) is 3.25. The summed E-state index contributed by atoms with van der Waals surface area (Å²) < 4.78 is 0. The molecular weight excluding hydrogens is 288 g/mol. The summed E-state index contributed by atoms with van der Waals surface area (Å²) in [6.07, 6.45) is 3.19. The number of pyridine rings is 1. The lowest BCUT2D eigenvalue weighted by Crippen LogP contribution is -2.33. The molecule has 1 aromatic carbocycles. The van der Waals surface area contributed by atoms with Crippen LogP contribution in [-0.4, -0.2) is 22.9 Å². The number of alkyl halides is 1. The zero-order valence-electron chi connectivity index (χ0n) is 10.5. The molecule has 94 valence electrons. The van der Waals surface area contributed by atoms with Crippen molar-refractivity contribution in [3.05, 3.63) is 36.5 Å². The summed E-state index contributed by atoms with van der Waals surface area (Å²) in [5.74, 6) is 0.747. The Balaban J connectivity index is 2.09. The van der Waals surface area contributed by atoms with Crippen LogP contribution in [0.2, 0.25) is 0 Å². The van der Waals surface area contributed by atoms with Gasteiger partial charge in [0.25, 0.3) is 0 Å². The molecule has 0 N–H and O–H groups in total. The van der Waals surface area contributed by atoms with Gasteiger partial charge in [0.05, 0.1) is 5.52 Å². The lowest BCUT2D eigenvalue weighted by molar-refractivity contribution is 0.555. The molecule has 2 aromatic rings. The number of benzene rings is 1. The standard InChI is InChI=1S/C15H17BrN2/c1-11-7-9-18(15(11)10-16)14-6-8-17-13-5-3-2-4-12(13)14/h2-6,8,11,15H,7,9-10H2,1H3. The highest BCUT2D eigenvalue weighted by atomic mass is 79.9. The van der Waals surface area contributed by atoms with Crippen LogP contribution in [-0.2, 0) is 0 Å². The summed E-state index contributed by atoms with van der Waals surface area (Å²) in [5, 5.41) is 2.30. The minimum Gasteiger partial charge on any atom is -0.367 e. The molecule has 0 spiro atoms. The molecule has 1 aromatic heterocycles. The van der Waals surface area contributed by atoms with E-state index < -0.39 is 0 Å². The molecule has 0 radical (unpaired) electrons. The maximum absolute atomic E-state index is 4.44. The first kappa shape index (κ1) is 12.0. The third-order valence-corrected chi connectivity index (χ3v) is 4.64. The van der Waals surface area contributed by atoms with Crippen LogP contribution in [0, 0.1) is 5.92 Å². The van der Waals surface area contributed by atoms with Crippen LogP contribution in [0.3, 0.4) is 0 Å². The molecule has 1 fully saturated rings. The molecule has 18 heavy (non-hydrogen) atoms. The summed E-state index contributed by atoms with van der Waals surface area (Å²) in [6, 6.07) is 11.1. The number of anilines is 1. The van der Waals surface area contributed by atoms with E-state index in [-0.39, 0.29) is 0 Å². The molecule has 1 saturated heterocycles. The minimum atomic E-state index is 0.593. The lowest BCUT2D eigenvalue weighted by Gasteiger charge is -2.28. The summed E-state index contributed by atoms with van der Waals surface area (Å²) in [4.78, 5) is 6.98. The highest BCUT2D eigenvalue weighted by molar-refractivity contribution is 9.09. The third kappa shape index (κ3) is 1.91. The smallest absolute Gasteiger partial charge is 0.0722 e. The second-order valence-corrected chi connectivity index (χ2v) is 5.68. The predicted octanol–water partition coefficient (Wildman–Crippen LogP) is 3.84. The van der Waals surface area contributed by atoms with Crippen molar-refractivity contribution in [1.29, 1.82) is 0 Å². The summed E-state index contributed by atoms with van der Waals surface area (Å²) >= 11 is 3.66. The van der Waals surface area contributed by atoms with Gasteiger partial charge in [0, 0.05) is 35.2 Å². The van der Waals surface area contributed by atoms with E-state index in [1.54, 1.807) is 0 Å². The van der Waals surface area contributed by atoms with Gasteiger partial charge in [-0.3, -0.25) is 4.98 Å². The first-order valence-electron chi connectivity index (χ1n) is 6.47. The van der Waals surface area contributed by atoms with E-state index >= 15 is 0 Å². The molecule has 2 atom stereocenters. The van der Waals surface area contributed by atoms with Crippen LogP contribution in [0.5, 0.6) is 0 Å². The number of para-hydroxylation sites is 1. The molecule has 0 aliphatic carbocycles. The van der Waals surface area contributed by atoms with Gasteiger partial charge >= 0.3 is 0 Å². The van der Waals surface area contributed by atoms with Crippen molar-refractivity contribution in [2.24, 2.45) is 5.92 Å². The topological polar surface area (TPSA) is 16.1 Å². The number of hydrogen-bond acceptors (Lipinski definition) is 2. The van der Waals surface area contributed by atoms with Crippen LogP contribution in [0.4, 0.5) is 5.69 Å². The second kappa shape index (κ2) is 4.88. The zero-order valence-corrected chi connectivity index (χ0v) is 12.1. The van der Waals surface area contributed by atoms with Crippen LogP contribution in [0.15, 0.2) is 36.5 Å². The Morgan fingerprint density at radius 3 is 3.00 bits per heavy atom. The van der Waals surface area contributed by atoms with Gasteiger partial charge < -0.3 is 4.90 Å². The number of rotatable bonds is 2. The molecule has 3 rings (SSSR count).